The number of rotatable bonds is 4. The Kier molecular flexibility index (Phi) is 5.71. The zero-order valence-electron chi connectivity index (χ0n) is 19.6. The van der Waals surface area contributed by atoms with Crippen molar-refractivity contribution in [1.29, 1.82) is 0 Å². The van der Waals surface area contributed by atoms with Crippen LogP contribution < -0.4 is 10.2 Å². The lowest BCUT2D eigenvalue weighted by molar-refractivity contribution is 0.00578. The molecule has 2 aliphatic heterocycles. The third kappa shape index (κ3) is 3.68. The van der Waals surface area contributed by atoms with Crippen molar-refractivity contribution < 1.29 is 28.3 Å². The normalized spacial score (nSPS) is 25.0. The molecule has 0 bridgehead atoms. The van der Waals surface area contributed by atoms with Crippen molar-refractivity contribution in [2.24, 2.45) is 0 Å². The molecule has 9 heteroatoms. The van der Waals surface area contributed by atoms with Gasteiger partial charge in [0.15, 0.2) is 5.60 Å². The number of nitrogens with zero attached hydrogens (tertiary/aromatic N) is 1. The summed E-state index contributed by atoms with van der Waals surface area (Å²) in [4.78, 5) is 12.9. The molecule has 0 spiro atoms. The fraction of sp³-hybridized carbons (Fsp3) is 0.458. The van der Waals surface area contributed by atoms with E-state index in [2.05, 4.69) is 0 Å². The fourth-order valence-electron chi connectivity index (χ4n) is 4.59. The third-order valence-corrected chi connectivity index (χ3v) is 7.62. The first-order valence-corrected chi connectivity index (χ1v) is 11.2. The molecule has 1 amide bonds. The van der Waals surface area contributed by atoms with E-state index in [1.165, 1.54) is 18.0 Å². The predicted octanol–water partition coefficient (Wildman–Crippen LogP) is 4.78. The molecule has 0 unspecified atom stereocenters. The Labute approximate surface area is 198 Å². The molecule has 2 atom stereocenters. The second-order valence-electron chi connectivity index (χ2n) is 9.80. The van der Waals surface area contributed by atoms with E-state index in [4.69, 9.17) is 25.6 Å². The van der Waals surface area contributed by atoms with Crippen molar-refractivity contribution in [2.75, 3.05) is 13.6 Å². The van der Waals surface area contributed by atoms with Crippen LogP contribution in [-0.2, 0) is 14.9 Å². The highest BCUT2D eigenvalue weighted by Gasteiger charge is 2.57. The van der Waals surface area contributed by atoms with Gasteiger partial charge in [0.05, 0.1) is 22.8 Å². The molecule has 176 valence electrons. The van der Waals surface area contributed by atoms with Crippen LogP contribution in [-0.4, -0.2) is 48.0 Å². The zero-order chi connectivity index (χ0) is 24.3. The van der Waals surface area contributed by atoms with Crippen LogP contribution in [0.25, 0.3) is 0 Å². The Balaban J connectivity index is 1.89. The molecule has 2 heterocycles. The van der Waals surface area contributed by atoms with Crippen molar-refractivity contribution in [1.82, 2.24) is 4.90 Å². The van der Waals surface area contributed by atoms with Gasteiger partial charge in [0, 0.05) is 30.1 Å². The molecule has 0 aromatic heterocycles. The molecule has 1 fully saturated rings. The van der Waals surface area contributed by atoms with E-state index in [9.17, 15) is 9.90 Å². The molecule has 0 radical (unpaired) electrons. The first-order valence-electron chi connectivity index (χ1n) is 10.9. The minimum Gasteiger partial charge on any atom is -0.480 e. The largest absolute Gasteiger partial charge is 0.496 e. The zero-order valence-corrected chi connectivity index (χ0v) is 20.4. The summed E-state index contributed by atoms with van der Waals surface area (Å²) in [7, 11) is 0.580. The Morgan fingerprint density at radius 3 is 2.30 bits per heavy atom. The van der Waals surface area contributed by atoms with Gasteiger partial charge < -0.3 is 24.1 Å². The minimum atomic E-state index is -1.09. The highest BCUT2D eigenvalue weighted by Crippen LogP contribution is 2.52. The van der Waals surface area contributed by atoms with Crippen LogP contribution in [0.4, 0.5) is 9.18 Å². The highest BCUT2D eigenvalue weighted by molar-refractivity contribution is 6.66. The molecule has 6 nitrogen and oxygen atoms in total. The summed E-state index contributed by atoms with van der Waals surface area (Å²) < 4.78 is 33.9. The van der Waals surface area contributed by atoms with Crippen LogP contribution >= 0.6 is 11.6 Å². The molecule has 1 N–H and O–H groups in total. The number of benzene rings is 2. The second kappa shape index (κ2) is 7.89. The average molecular weight is 476 g/mol. The van der Waals surface area contributed by atoms with Gasteiger partial charge in [0.1, 0.15) is 11.6 Å². The van der Waals surface area contributed by atoms with Crippen molar-refractivity contribution >= 4 is 30.3 Å². The minimum absolute atomic E-state index is 0.0320. The van der Waals surface area contributed by atoms with Crippen molar-refractivity contribution in [3.05, 3.63) is 58.4 Å². The second-order valence-corrected chi connectivity index (χ2v) is 10.2. The van der Waals surface area contributed by atoms with Crippen LogP contribution in [0.5, 0.6) is 5.75 Å². The number of amides is 1. The van der Waals surface area contributed by atoms with E-state index >= 15 is 4.39 Å². The fourth-order valence-corrected chi connectivity index (χ4v) is 4.83. The Bertz CT molecular complexity index is 1080. The molecule has 2 aliphatic rings. The molecular weight excluding hydrogens is 448 g/mol. The van der Waals surface area contributed by atoms with E-state index in [0.717, 1.165) is 5.56 Å². The van der Waals surface area contributed by atoms with Crippen LogP contribution in [0, 0.1) is 5.82 Å². The molecule has 2 aromatic carbocycles. The van der Waals surface area contributed by atoms with E-state index < -0.39 is 35.8 Å². The maximum absolute atomic E-state index is 15.0. The maximum Gasteiger partial charge on any atom is 0.496 e. The Hall–Kier alpha value is -2.29. The summed E-state index contributed by atoms with van der Waals surface area (Å²) in [5, 5.41) is 9.50. The maximum atomic E-state index is 15.0. The van der Waals surface area contributed by atoms with Gasteiger partial charge in [-0.2, -0.15) is 0 Å². The van der Waals surface area contributed by atoms with Gasteiger partial charge >= 0.3 is 13.2 Å². The van der Waals surface area contributed by atoms with Gasteiger partial charge in [-0.3, -0.25) is 0 Å². The summed E-state index contributed by atoms with van der Waals surface area (Å²) in [6, 6.07) is 10.6. The Morgan fingerprint density at radius 1 is 1.18 bits per heavy atom. The van der Waals surface area contributed by atoms with Gasteiger partial charge in [0.25, 0.3) is 0 Å². The van der Waals surface area contributed by atoms with Gasteiger partial charge in [-0.25, -0.2) is 9.18 Å². The van der Waals surface area contributed by atoms with Gasteiger partial charge in [-0.1, -0.05) is 48.9 Å². The number of carboxylic acid groups (broad SMARTS) is 1. The average Bonchev–Trinajstić information content (AvgIpc) is 3.12. The smallest absolute Gasteiger partial charge is 0.480 e. The summed E-state index contributed by atoms with van der Waals surface area (Å²) in [6.45, 7) is 9.61. The number of hydrogen-bond donors (Lipinski definition) is 1. The topological polar surface area (TPSA) is 68.2 Å². The lowest BCUT2D eigenvalue weighted by atomic mass is 9.69. The molecule has 0 aliphatic carbocycles. The van der Waals surface area contributed by atoms with E-state index in [0.29, 0.717) is 16.8 Å². The van der Waals surface area contributed by atoms with E-state index in [-0.39, 0.29) is 17.5 Å². The Morgan fingerprint density at radius 2 is 1.76 bits per heavy atom. The SMILES string of the molecule is C[C@H]1c2c(cc(F)c(Cl)c2B2OC(C)(C)C(C)(C)O2)O[C@]1(CN(C)C(=O)O)c1ccccc1. The van der Waals surface area contributed by atoms with Gasteiger partial charge in [0.2, 0.25) is 0 Å². The van der Waals surface area contributed by atoms with E-state index in [1.807, 2.05) is 65.0 Å². The molecule has 2 aromatic rings. The lowest BCUT2D eigenvalue weighted by Gasteiger charge is -2.36. The number of hydrogen-bond acceptors (Lipinski definition) is 4. The lowest BCUT2D eigenvalue weighted by Crippen LogP contribution is -2.47. The van der Waals surface area contributed by atoms with Crippen LogP contribution in [0.1, 0.15) is 51.7 Å². The third-order valence-electron chi connectivity index (χ3n) is 7.23. The number of halogens is 2. The first kappa shape index (κ1) is 23.9. The first-order chi connectivity index (χ1) is 15.3. The van der Waals surface area contributed by atoms with Crippen molar-refractivity contribution in [3.8, 4) is 5.75 Å². The number of likely N-dealkylation sites (N-methyl/N-ethyl adjacent to an activating group) is 1. The summed E-state index contributed by atoms with van der Waals surface area (Å²) in [6.07, 6.45) is -1.09. The highest BCUT2D eigenvalue weighted by atomic mass is 35.5. The molecule has 0 saturated carbocycles. The van der Waals surface area contributed by atoms with Gasteiger partial charge in [-0.05, 0) is 33.3 Å². The standard InChI is InChI=1S/C24H28BClFNO5/c1-14-18-17(31-24(14,13-28(6)21(29)30)15-10-8-7-9-11-15)12-16(27)20(26)19(18)25-32-22(2,3)23(4,5)33-25/h7-12,14H,13H2,1-6H3,(H,29,30)/t14-,24-/m0/s1. The van der Waals surface area contributed by atoms with Crippen LogP contribution in [0.3, 0.4) is 0 Å². The van der Waals surface area contributed by atoms with Crippen LogP contribution in [0.2, 0.25) is 5.02 Å². The number of ether oxygens (including phenoxy) is 1. The number of fused-ring (bicyclic) bond motifs is 1. The number of carbonyl (C=O) groups is 1. The summed E-state index contributed by atoms with van der Waals surface area (Å²) in [5.74, 6) is -0.733. The molecule has 1 saturated heterocycles. The monoisotopic (exact) mass is 475 g/mol. The van der Waals surface area contributed by atoms with Crippen molar-refractivity contribution in [3.63, 3.8) is 0 Å². The molecule has 4 rings (SSSR count). The predicted molar refractivity (Wildman–Crippen MR) is 125 cm³/mol. The molecular formula is C24H28BClFNO5. The van der Waals surface area contributed by atoms with Crippen LogP contribution in [0.15, 0.2) is 36.4 Å². The quantitative estimate of drug-likeness (QED) is 0.645. The van der Waals surface area contributed by atoms with E-state index in [1.54, 1.807) is 0 Å². The van der Waals surface area contributed by atoms with Gasteiger partial charge in [-0.15, -0.1) is 0 Å². The summed E-state index contributed by atoms with van der Waals surface area (Å²) >= 11 is 6.51. The molecule has 33 heavy (non-hydrogen) atoms. The summed E-state index contributed by atoms with van der Waals surface area (Å²) in [5.41, 5.74) is -0.577. The van der Waals surface area contributed by atoms with Crippen molar-refractivity contribution in [2.45, 2.75) is 57.3 Å².